The highest BCUT2D eigenvalue weighted by Gasteiger charge is 2.14. The summed E-state index contributed by atoms with van der Waals surface area (Å²) in [5.41, 5.74) is 7.33. The number of nitrogens with one attached hydrogen (secondary N) is 1. The zero-order valence-electron chi connectivity index (χ0n) is 14.2. The van der Waals surface area contributed by atoms with E-state index in [2.05, 4.69) is 36.3 Å². The number of benzene rings is 1. The molecule has 0 saturated heterocycles. The lowest BCUT2D eigenvalue weighted by molar-refractivity contribution is -0.144. The van der Waals surface area contributed by atoms with E-state index in [1.165, 1.54) is 28.7 Å². The van der Waals surface area contributed by atoms with E-state index in [9.17, 15) is 9.59 Å². The molecule has 1 heterocycles. The number of rotatable bonds is 6. The van der Waals surface area contributed by atoms with Crippen LogP contribution in [0.5, 0.6) is 0 Å². The average molecular weight is 380 g/mol. The highest BCUT2D eigenvalue weighted by molar-refractivity contribution is 8.01. The van der Waals surface area contributed by atoms with Crippen LogP contribution in [0.2, 0.25) is 0 Å². The topological polar surface area (TPSA) is 107 Å². The van der Waals surface area contributed by atoms with Crippen LogP contribution >= 0.6 is 23.1 Å². The molecular weight excluding hydrogens is 360 g/mol. The van der Waals surface area contributed by atoms with Gasteiger partial charge < -0.3 is 15.8 Å². The Balaban J connectivity index is 1.73. The fourth-order valence-electron chi connectivity index (χ4n) is 1.84. The largest absolute Gasteiger partial charge is 0.455 e. The summed E-state index contributed by atoms with van der Waals surface area (Å²) in [4.78, 5) is 23.5. The van der Waals surface area contributed by atoms with Crippen molar-refractivity contribution < 1.29 is 14.3 Å². The molecule has 25 heavy (non-hydrogen) atoms. The van der Waals surface area contributed by atoms with Crippen LogP contribution in [0.4, 0.5) is 10.8 Å². The lowest BCUT2D eigenvalue weighted by Gasteiger charge is -2.19. The number of thioether (sulfide) groups is 1. The zero-order chi connectivity index (χ0) is 18.4. The quantitative estimate of drug-likeness (QED) is 0.586. The number of hydrogen-bond donors (Lipinski definition) is 2. The Morgan fingerprint density at radius 1 is 1.24 bits per heavy atom. The Morgan fingerprint density at radius 2 is 1.92 bits per heavy atom. The van der Waals surface area contributed by atoms with Gasteiger partial charge in [-0.05, 0) is 23.1 Å². The molecule has 0 spiro atoms. The summed E-state index contributed by atoms with van der Waals surface area (Å²) >= 11 is 2.36. The van der Waals surface area contributed by atoms with Crippen molar-refractivity contribution in [1.82, 2.24) is 10.2 Å². The standard InChI is InChI=1S/C16H20N4O3S2/c1-16(2,3)10-4-6-11(7-5-10)18-12(21)8-23-13(22)9-24-15-20-19-14(17)25-15/h4-7H,8-9H2,1-3H3,(H2,17,19)(H,18,21). The van der Waals surface area contributed by atoms with Gasteiger partial charge in [0.25, 0.3) is 5.91 Å². The second-order valence-electron chi connectivity index (χ2n) is 6.23. The monoisotopic (exact) mass is 380 g/mol. The van der Waals surface area contributed by atoms with Gasteiger partial charge in [-0.25, -0.2) is 0 Å². The third kappa shape index (κ3) is 6.35. The Bertz CT molecular complexity index is 739. The number of nitrogens with two attached hydrogens (primary N) is 1. The molecule has 1 aromatic heterocycles. The summed E-state index contributed by atoms with van der Waals surface area (Å²) < 4.78 is 5.52. The van der Waals surface area contributed by atoms with Crippen molar-refractivity contribution in [3.8, 4) is 0 Å². The minimum atomic E-state index is -0.503. The molecule has 0 bridgehead atoms. The van der Waals surface area contributed by atoms with E-state index in [1.54, 1.807) is 0 Å². The fraction of sp³-hybridized carbons (Fsp3) is 0.375. The molecule has 9 heteroatoms. The molecule has 134 valence electrons. The van der Waals surface area contributed by atoms with Gasteiger partial charge in [-0.15, -0.1) is 10.2 Å². The van der Waals surface area contributed by atoms with Crippen molar-refractivity contribution >= 4 is 45.8 Å². The molecule has 1 aromatic carbocycles. The van der Waals surface area contributed by atoms with Gasteiger partial charge in [0.05, 0.1) is 5.75 Å². The molecule has 0 aliphatic heterocycles. The first-order valence-corrected chi connectivity index (χ1v) is 9.32. The lowest BCUT2D eigenvalue weighted by Crippen LogP contribution is -2.21. The SMILES string of the molecule is CC(C)(C)c1ccc(NC(=O)COC(=O)CSc2nnc(N)s2)cc1. The summed E-state index contributed by atoms with van der Waals surface area (Å²) in [6.45, 7) is 6.02. The van der Waals surface area contributed by atoms with Gasteiger partial charge in [0, 0.05) is 5.69 Å². The van der Waals surface area contributed by atoms with Crippen molar-refractivity contribution in [2.75, 3.05) is 23.4 Å². The number of nitrogen functional groups attached to an aromatic ring is 1. The first-order chi connectivity index (χ1) is 11.7. The average Bonchev–Trinajstić information content (AvgIpc) is 2.96. The number of esters is 1. The van der Waals surface area contributed by atoms with E-state index in [-0.39, 0.29) is 23.7 Å². The van der Waals surface area contributed by atoms with Crippen molar-refractivity contribution in [3.05, 3.63) is 29.8 Å². The van der Waals surface area contributed by atoms with Crippen LogP contribution in [0, 0.1) is 0 Å². The zero-order valence-corrected chi connectivity index (χ0v) is 15.9. The lowest BCUT2D eigenvalue weighted by atomic mass is 9.87. The normalized spacial score (nSPS) is 11.2. The fourth-order valence-corrected chi connectivity index (χ4v) is 3.27. The van der Waals surface area contributed by atoms with Gasteiger partial charge in [-0.1, -0.05) is 56.0 Å². The summed E-state index contributed by atoms with van der Waals surface area (Å²) in [5, 5.41) is 10.5. The van der Waals surface area contributed by atoms with Gasteiger partial charge in [-0.2, -0.15) is 0 Å². The van der Waals surface area contributed by atoms with E-state index in [0.717, 1.165) is 0 Å². The summed E-state index contributed by atoms with van der Waals surface area (Å²) in [7, 11) is 0. The first kappa shape index (κ1) is 19.2. The molecule has 0 fully saturated rings. The maximum Gasteiger partial charge on any atom is 0.316 e. The molecule has 0 atom stereocenters. The van der Waals surface area contributed by atoms with Gasteiger partial charge in [-0.3, -0.25) is 9.59 Å². The third-order valence-corrected chi connectivity index (χ3v) is 4.99. The first-order valence-electron chi connectivity index (χ1n) is 7.52. The molecule has 0 aliphatic carbocycles. The van der Waals surface area contributed by atoms with Gasteiger partial charge in [0.15, 0.2) is 10.9 Å². The highest BCUT2D eigenvalue weighted by Crippen LogP contribution is 2.24. The molecule has 1 amide bonds. The van der Waals surface area contributed by atoms with Crippen LogP contribution in [-0.2, 0) is 19.7 Å². The molecule has 0 unspecified atom stereocenters. The van der Waals surface area contributed by atoms with E-state index in [0.29, 0.717) is 15.2 Å². The van der Waals surface area contributed by atoms with Crippen molar-refractivity contribution in [1.29, 1.82) is 0 Å². The summed E-state index contributed by atoms with van der Waals surface area (Å²) in [5.74, 6) is -0.846. The van der Waals surface area contributed by atoms with Crippen LogP contribution < -0.4 is 11.1 Å². The minimum absolute atomic E-state index is 0.0438. The Morgan fingerprint density at radius 3 is 2.48 bits per heavy atom. The van der Waals surface area contributed by atoms with Crippen LogP contribution in [0.3, 0.4) is 0 Å². The molecule has 2 aromatic rings. The molecule has 0 radical (unpaired) electrons. The number of aromatic nitrogens is 2. The molecule has 0 aliphatic rings. The van der Waals surface area contributed by atoms with Crippen LogP contribution in [0.25, 0.3) is 0 Å². The van der Waals surface area contributed by atoms with Gasteiger partial charge >= 0.3 is 5.97 Å². The summed E-state index contributed by atoms with van der Waals surface area (Å²) in [6, 6.07) is 7.59. The smallest absolute Gasteiger partial charge is 0.316 e. The van der Waals surface area contributed by atoms with Crippen LogP contribution in [0.15, 0.2) is 28.6 Å². The molecule has 7 nitrogen and oxygen atoms in total. The molecule has 2 rings (SSSR count). The molecular formula is C16H20N4O3S2. The number of carbonyl (C=O) groups is 2. The minimum Gasteiger partial charge on any atom is -0.455 e. The second-order valence-corrected chi connectivity index (χ2v) is 8.46. The number of carbonyl (C=O) groups excluding carboxylic acids is 2. The van der Waals surface area contributed by atoms with Crippen molar-refractivity contribution in [2.24, 2.45) is 0 Å². The van der Waals surface area contributed by atoms with Gasteiger partial charge in [0.2, 0.25) is 5.13 Å². The molecule has 3 N–H and O–H groups in total. The maximum atomic E-state index is 11.8. The highest BCUT2D eigenvalue weighted by atomic mass is 32.2. The maximum absolute atomic E-state index is 11.8. The van der Waals surface area contributed by atoms with E-state index in [1.807, 2.05) is 24.3 Å². The Kier molecular flexibility index (Phi) is 6.38. The number of ether oxygens (including phenoxy) is 1. The van der Waals surface area contributed by atoms with Crippen molar-refractivity contribution in [2.45, 2.75) is 30.5 Å². The van der Waals surface area contributed by atoms with E-state index < -0.39 is 5.97 Å². The van der Waals surface area contributed by atoms with Crippen molar-refractivity contribution in [3.63, 3.8) is 0 Å². The second kappa shape index (κ2) is 8.30. The number of amides is 1. The molecule has 0 saturated carbocycles. The van der Waals surface area contributed by atoms with E-state index >= 15 is 0 Å². The number of anilines is 2. The van der Waals surface area contributed by atoms with Crippen LogP contribution in [-0.4, -0.2) is 34.4 Å². The van der Waals surface area contributed by atoms with Gasteiger partial charge in [0.1, 0.15) is 0 Å². The predicted octanol–water partition coefficient (Wildman–Crippen LogP) is 2.69. The van der Waals surface area contributed by atoms with Crippen LogP contribution in [0.1, 0.15) is 26.3 Å². The summed E-state index contributed by atoms with van der Waals surface area (Å²) in [6.07, 6.45) is 0. The Hall–Kier alpha value is -2.13. The third-order valence-electron chi connectivity index (χ3n) is 3.13. The number of hydrogen-bond acceptors (Lipinski definition) is 8. The predicted molar refractivity (Wildman–Crippen MR) is 99.8 cm³/mol. The number of nitrogens with zero attached hydrogens (tertiary/aromatic N) is 2. The Labute approximate surface area is 154 Å². The van der Waals surface area contributed by atoms with E-state index in [4.69, 9.17) is 10.5 Å².